The Hall–Kier alpha value is -1.90. The fourth-order valence-corrected chi connectivity index (χ4v) is 1.27. The molecule has 0 bridgehead atoms. The molecular weight excluding hydrogens is 166 g/mol. The van der Waals surface area contributed by atoms with Crippen LogP contribution in [0.5, 0.6) is 0 Å². The van der Waals surface area contributed by atoms with Crippen LogP contribution >= 0.6 is 0 Å². The Morgan fingerprint density at radius 3 is 2.77 bits per heavy atom. The van der Waals surface area contributed by atoms with Crippen molar-refractivity contribution < 1.29 is 9.90 Å². The Kier molecular flexibility index (Phi) is 1.70. The van der Waals surface area contributed by atoms with Crippen molar-refractivity contribution in [2.24, 2.45) is 0 Å². The van der Waals surface area contributed by atoms with Crippen molar-refractivity contribution in [1.29, 1.82) is 0 Å². The fourth-order valence-electron chi connectivity index (χ4n) is 1.27. The highest BCUT2D eigenvalue weighted by Crippen LogP contribution is 2.14. The van der Waals surface area contributed by atoms with Gasteiger partial charge in [-0.15, -0.1) is 0 Å². The SMILES string of the molecule is O=C([O-])c1cccc2cccnc12. The molecule has 13 heavy (non-hydrogen) atoms. The van der Waals surface area contributed by atoms with Crippen LogP contribution < -0.4 is 5.11 Å². The smallest absolute Gasteiger partial charge is 0.0792 e. The zero-order valence-electron chi connectivity index (χ0n) is 6.73. The Morgan fingerprint density at radius 1 is 1.23 bits per heavy atom. The highest BCUT2D eigenvalue weighted by Gasteiger charge is 2.00. The van der Waals surface area contributed by atoms with Crippen molar-refractivity contribution in [3.63, 3.8) is 0 Å². The molecule has 0 unspecified atom stereocenters. The summed E-state index contributed by atoms with van der Waals surface area (Å²) >= 11 is 0. The number of carbonyl (C=O) groups is 1. The monoisotopic (exact) mass is 172 g/mol. The predicted octanol–water partition coefficient (Wildman–Crippen LogP) is 0.598. The Balaban J connectivity index is 2.83. The quantitative estimate of drug-likeness (QED) is 0.632. The largest absolute Gasteiger partial charge is 0.545 e. The molecule has 0 spiro atoms. The van der Waals surface area contributed by atoms with Crippen LogP contribution in [-0.2, 0) is 0 Å². The van der Waals surface area contributed by atoms with Crippen molar-refractivity contribution >= 4 is 16.9 Å². The number of nitrogens with zero attached hydrogens (tertiary/aromatic N) is 1. The molecule has 0 saturated heterocycles. The van der Waals surface area contributed by atoms with Gasteiger partial charge in [-0.1, -0.05) is 24.3 Å². The van der Waals surface area contributed by atoms with Gasteiger partial charge in [0.25, 0.3) is 0 Å². The van der Waals surface area contributed by atoms with Gasteiger partial charge in [-0.2, -0.15) is 0 Å². The third-order valence-corrected chi connectivity index (χ3v) is 1.85. The van der Waals surface area contributed by atoms with Crippen LogP contribution in [0.4, 0.5) is 0 Å². The summed E-state index contributed by atoms with van der Waals surface area (Å²) in [4.78, 5) is 14.6. The van der Waals surface area contributed by atoms with Gasteiger partial charge in [0.2, 0.25) is 0 Å². The maximum absolute atomic E-state index is 10.7. The maximum atomic E-state index is 10.7. The summed E-state index contributed by atoms with van der Waals surface area (Å²) in [6.07, 6.45) is 1.56. The molecule has 2 rings (SSSR count). The molecule has 1 aromatic heterocycles. The van der Waals surface area contributed by atoms with E-state index in [1.165, 1.54) is 6.07 Å². The molecule has 1 heterocycles. The highest BCUT2D eigenvalue weighted by atomic mass is 16.4. The Labute approximate surface area is 74.7 Å². The fraction of sp³-hybridized carbons (Fsp3) is 0. The molecular formula is C10H6NO2-. The number of fused-ring (bicyclic) bond motifs is 1. The van der Waals surface area contributed by atoms with Crippen molar-refractivity contribution in [1.82, 2.24) is 4.98 Å². The Bertz CT molecular complexity index is 460. The first-order valence-electron chi connectivity index (χ1n) is 3.84. The number of rotatable bonds is 1. The number of hydrogen-bond donors (Lipinski definition) is 0. The number of aromatic carboxylic acids is 1. The molecule has 0 aliphatic heterocycles. The van der Waals surface area contributed by atoms with Crippen molar-refractivity contribution in [2.45, 2.75) is 0 Å². The number of hydrogen-bond acceptors (Lipinski definition) is 3. The minimum absolute atomic E-state index is 0.137. The first kappa shape index (κ1) is 7.73. The van der Waals surface area contributed by atoms with E-state index in [2.05, 4.69) is 4.98 Å². The topological polar surface area (TPSA) is 53.0 Å². The Morgan fingerprint density at radius 2 is 2.00 bits per heavy atom. The average Bonchev–Trinajstić information content (AvgIpc) is 2.17. The van der Waals surface area contributed by atoms with Gasteiger partial charge >= 0.3 is 0 Å². The maximum Gasteiger partial charge on any atom is 0.0792 e. The first-order chi connectivity index (χ1) is 6.29. The summed E-state index contributed by atoms with van der Waals surface area (Å²) in [5, 5.41) is 11.5. The highest BCUT2D eigenvalue weighted by molar-refractivity contribution is 6.00. The van der Waals surface area contributed by atoms with Gasteiger partial charge in [0.1, 0.15) is 0 Å². The number of carboxylic acid groups (broad SMARTS) is 1. The lowest BCUT2D eigenvalue weighted by Gasteiger charge is -2.04. The first-order valence-corrected chi connectivity index (χ1v) is 3.84. The molecule has 3 heteroatoms. The third-order valence-electron chi connectivity index (χ3n) is 1.85. The van der Waals surface area contributed by atoms with Gasteiger partial charge in [-0.05, 0) is 6.07 Å². The van der Waals surface area contributed by atoms with Crippen LogP contribution in [0.3, 0.4) is 0 Å². The summed E-state index contributed by atoms with van der Waals surface area (Å²) in [6, 6.07) is 8.56. The van der Waals surface area contributed by atoms with Gasteiger partial charge in [0, 0.05) is 17.1 Å². The molecule has 0 aliphatic rings. The average molecular weight is 172 g/mol. The van der Waals surface area contributed by atoms with Crippen LogP contribution in [0.25, 0.3) is 10.9 Å². The number of carbonyl (C=O) groups excluding carboxylic acids is 1. The molecule has 0 N–H and O–H groups in total. The molecule has 0 amide bonds. The molecule has 0 aliphatic carbocycles. The molecule has 0 saturated carbocycles. The van der Waals surface area contributed by atoms with E-state index in [4.69, 9.17) is 0 Å². The molecule has 64 valence electrons. The standard InChI is InChI=1S/C10H7NO2/c12-10(13)8-5-1-3-7-4-2-6-11-9(7)8/h1-6H,(H,12,13)/p-1. The van der Waals surface area contributed by atoms with Crippen molar-refractivity contribution in [3.05, 3.63) is 42.1 Å². The molecule has 1 aromatic carbocycles. The second kappa shape index (κ2) is 2.86. The number of para-hydroxylation sites is 1. The summed E-state index contributed by atoms with van der Waals surface area (Å²) in [5.41, 5.74) is 0.614. The molecule has 0 radical (unpaired) electrons. The number of pyridine rings is 1. The number of carboxylic acids is 1. The van der Waals surface area contributed by atoms with E-state index in [0.717, 1.165) is 5.39 Å². The van der Waals surface area contributed by atoms with E-state index >= 15 is 0 Å². The molecule has 0 fully saturated rings. The lowest BCUT2D eigenvalue weighted by Crippen LogP contribution is -2.22. The van der Waals surface area contributed by atoms with E-state index in [1.807, 2.05) is 12.1 Å². The van der Waals surface area contributed by atoms with Gasteiger partial charge in [0.05, 0.1) is 11.5 Å². The summed E-state index contributed by atoms with van der Waals surface area (Å²) in [6.45, 7) is 0. The lowest BCUT2D eigenvalue weighted by atomic mass is 10.1. The number of benzene rings is 1. The van der Waals surface area contributed by atoms with Gasteiger partial charge < -0.3 is 9.90 Å². The summed E-state index contributed by atoms with van der Waals surface area (Å²) < 4.78 is 0. The van der Waals surface area contributed by atoms with Crippen LogP contribution in [0.2, 0.25) is 0 Å². The third kappa shape index (κ3) is 1.24. The minimum atomic E-state index is -1.19. The van der Waals surface area contributed by atoms with Gasteiger partial charge in [0.15, 0.2) is 0 Å². The normalized spacial score (nSPS) is 10.2. The lowest BCUT2D eigenvalue weighted by molar-refractivity contribution is -0.254. The molecule has 3 nitrogen and oxygen atoms in total. The van der Waals surface area contributed by atoms with Gasteiger partial charge in [-0.3, -0.25) is 4.98 Å². The molecule has 2 aromatic rings. The van der Waals surface area contributed by atoms with E-state index in [1.54, 1.807) is 18.3 Å². The second-order valence-electron chi connectivity index (χ2n) is 2.67. The van der Waals surface area contributed by atoms with E-state index in [-0.39, 0.29) is 5.56 Å². The van der Waals surface area contributed by atoms with Crippen LogP contribution in [0.15, 0.2) is 36.5 Å². The van der Waals surface area contributed by atoms with Gasteiger partial charge in [-0.25, -0.2) is 0 Å². The van der Waals surface area contributed by atoms with Crippen LogP contribution in [0.1, 0.15) is 10.4 Å². The second-order valence-corrected chi connectivity index (χ2v) is 2.67. The van der Waals surface area contributed by atoms with E-state index < -0.39 is 5.97 Å². The zero-order chi connectivity index (χ0) is 9.26. The zero-order valence-corrected chi connectivity index (χ0v) is 6.73. The van der Waals surface area contributed by atoms with Crippen molar-refractivity contribution in [2.75, 3.05) is 0 Å². The van der Waals surface area contributed by atoms with E-state index in [9.17, 15) is 9.90 Å². The summed E-state index contributed by atoms with van der Waals surface area (Å²) in [7, 11) is 0. The molecule has 0 atom stereocenters. The predicted molar refractivity (Wildman–Crippen MR) is 46.1 cm³/mol. The van der Waals surface area contributed by atoms with Crippen LogP contribution in [-0.4, -0.2) is 11.0 Å². The minimum Gasteiger partial charge on any atom is -0.545 e. The van der Waals surface area contributed by atoms with Crippen LogP contribution in [0, 0.1) is 0 Å². The number of aromatic nitrogens is 1. The van der Waals surface area contributed by atoms with Crippen molar-refractivity contribution in [3.8, 4) is 0 Å². The summed E-state index contributed by atoms with van der Waals surface area (Å²) in [5.74, 6) is -1.19. The van der Waals surface area contributed by atoms with E-state index in [0.29, 0.717) is 5.52 Å².